The highest BCUT2D eigenvalue weighted by molar-refractivity contribution is 5.16. The van der Waals surface area contributed by atoms with Crippen LogP contribution in [0, 0.1) is 5.92 Å². The van der Waals surface area contributed by atoms with Crippen LogP contribution in [-0.4, -0.2) is 0 Å². The van der Waals surface area contributed by atoms with Gasteiger partial charge in [0.25, 0.3) is 0 Å². The van der Waals surface area contributed by atoms with E-state index in [1.165, 1.54) is 5.56 Å². The first kappa shape index (κ1) is 12.6. The van der Waals surface area contributed by atoms with Crippen molar-refractivity contribution in [2.24, 2.45) is 5.92 Å². The van der Waals surface area contributed by atoms with E-state index in [9.17, 15) is 0 Å². The predicted molar refractivity (Wildman–Crippen MR) is 69.0 cm³/mol. The molecule has 0 aliphatic heterocycles. The van der Waals surface area contributed by atoms with Gasteiger partial charge in [0.1, 0.15) is 12.4 Å². The van der Waals surface area contributed by atoms with Crippen LogP contribution in [0.3, 0.4) is 0 Å². The zero-order valence-electron chi connectivity index (χ0n) is 10.3. The number of ether oxygens (including phenoxy) is 1. The molecule has 0 atom stereocenters. The number of benzene rings is 1. The Labute approximate surface area is 98.5 Å². The zero-order chi connectivity index (χ0) is 11.8. The minimum Gasteiger partial charge on any atom is -0.489 e. The zero-order valence-corrected chi connectivity index (χ0v) is 10.3. The second-order valence-electron chi connectivity index (χ2n) is 4.09. The van der Waals surface area contributed by atoms with Gasteiger partial charge in [-0.15, -0.1) is 0 Å². The van der Waals surface area contributed by atoms with Crippen molar-refractivity contribution in [2.75, 3.05) is 0 Å². The second kappa shape index (κ2) is 6.89. The Kier molecular flexibility index (Phi) is 5.41. The lowest BCUT2D eigenvalue weighted by atomic mass is 10.2. The molecular formula is C15H20O. The van der Waals surface area contributed by atoms with Gasteiger partial charge in [0.2, 0.25) is 0 Å². The average Bonchev–Trinajstić information content (AvgIpc) is 2.27. The molecular weight excluding hydrogens is 196 g/mol. The summed E-state index contributed by atoms with van der Waals surface area (Å²) < 4.78 is 5.75. The van der Waals surface area contributed by atoms with E-state index in [1.807, 2.05) is 37.3 Å². The van der Waals surface area contributed by atoms with E-state index < -0.39 is 0 Å². The van der Waals surface area contributed by atoms with Gasteiger partial charge in [-0.1, -0.05) is 50.3 Å². The minimum absolute atomic E-state index is 0.502. The summed E-state index contributed by atoms with van der Waals surface area (Å²) in [5.41, 5.74) is 1.20. The largest absolute Gasteiger partial charge is 0.489 e. The fourth-order valence-electron chi connectivity index (χ4n) is 1.39. The van der Waals surface area contributed by atoms with E-state index in [1.54, 1.807) is 0 Å². The maximum Gasteiger partial charge on any atom is 0.115 e. The Hall–Kier alpha value is -1.50. The standard InChI is InChI=1S/C15H20O/c1-4-8-15(11-13(2)3)16-12-14-9-6-5-7-10-14/h4-11,13H,12H2,1-3H3/b8-4-,15-11+. The summed E-state index contributed by atoms with van der Waals surface area (Å²) in [7, 11) is 0. The van der Waals surface area contributed by atoms with Gasteiger partial charge in [-0.05, 0) is 30.6 Å². The fourth-order valence-corrected chi connectivity index (χ4v) is 1.39. The number of hydrogen-bond acceptors (Lipinski definition) is 1. The van der Waals surface area contributed by atoms with Gasteiger partial charge in [0.15, 0.2) is 0 Å². The first-order valence-electron chi connectivity index (χ1n) is 5.73. The Bertz CT molecular complexity index is 347. The van der Waals surface area contributed by atoms with Crippen LogP contribution in [0.2, 0.25) is 0 Å². The molecule has 16 heavy (non-hydrogen) atoms. The molecule has 0 aliphatic carbocycles. The van der Waals surface area contributed by atoms with Gasteiger partial charge in [0, 0.05) is 0 Å². The molecule has 0 N–H and O–H groups in total. The lowest BCUT2D eigenvalue weighted by molar-refractivity contribution is 0.209. The van der Waals surface area contributed by atoms with Crippen molar-refractivity contribution in [1.29, 1.82) is 0 Å². The maximum absolute atomic E-state index is 5.75. The number of rotatable bonds is 5. The highest BCUT2D eigenvalue weighted by atomic mass is 16.5. The summed E-state index contributed by atoms with van der Waals surface area (Å²) in [6.07, 6.45) is 6.13. The van der Waals surface area contributed by atoms with Gasteiger partial charge in [-0.3, -0.25) is 0 Å². The minimum atomic E-state index is 0.502. The van der Waals surface area contributed by atoms with Gasteiger partial charge < -0.3 is 4.74 Å². The quantitative estimate of drug-likeness (QED) is 0.526. The highest BCUT2D eigenvalue weighted by Gasteiger charge is 1.97. The summed E-state index contributed by atoms with van der Waals surface area (Å²) in [4.78, 5) is 0. The van der Waals surface area contributed by atoms with E-state index >= 15 is 0 Å². The Morgan fingerprint density at radius 1 is 1.25 bits per heavy atom. The molecule has 1 heteroatoms. The van der Waals surface area contributed by atoms with Crippen LogP contribution >= 0.6 is 0 Å². The molecule has 0 aromatic heterocycles. The van der Waals surface area contributed by atoms with Crippen molar-refractivity contribution < 1.29 is 4.74 Å². The van der Waals surface area contributed by atoms with Gasteiger partial charge >= 0.3 is 0 Å². The summed E-state index contributed by atoms with van der Waals surface area (Å²) in [5, 5.41) is 0. The molecule has 86 valence electrons. The topological polar surface area (TPSA) is 9.23 Å². The normalized spacial score (nSPS) is 12.4. The monoisotopic (exact) mass is 216 g/mol. The van der Waals surface area contributed by atoms with Crippen molar-refractivity contribution in [3.63, 3.8) is 0 Å². The summed E-state index contributed by atoms with van der Waals surface area (Å²) in [6.45, 7) is 6.93. The molecule has 0 saturated carbocycles. The summed E-state index contributed by atoms with van der Waals surface area (Å²) in [6, 6.07) is 10.2. The number of hydrogen-bond donors (Lipinski definition) is 0. The molecule has 0 fully saturated rings. The lowest BCUT2D eigenvalue weighted by Gasteiger charge is -2.08. The average molecular weight is 216 g/mol. The predicted octanol–water partition coefficient (Wildman–Crippen LogP) is 4.32. The van der Waals surface area contributed by atoms with Crippen LogP contribution in [0.15, 0.2) is 54.3 Å². The first-order valence-corrected chi connectivity index (χ1v) is 5.73. The molecule has 0 heterocycles. The molecule has 0 bridgehead atoms. The van der Waals surface area contributed by atoms with Gasteiger partial charge in [0.05, 0.1) is 0 Å². The molecule has 1 aromatic carbocycles. The number of allylic oxidation sites excluding steroid dienone is 3. The maximum atomic E-state index is 5.75. The van der Waals surface area contributed by atoms with Crippen LogP contribution in [0.4, 0.5) is 0 Å². The molecule has 0 amide bonds. The van der Waals surface area contributed by atoms with Crippen LogP contribution in [0.25, 0.3) is 0 Å². The lowest BCUT2D eigenvalue weighted by Crippen LogP contribution is -1.93. The van der Waals surface area contributed by atoms with E-state index in [4.69, 9.17) is 4.74 Å². The van der Waals surface area contributed by atoms with Crippen molar-refractivity contribution in [2.45, 2.75) is 27.4 Å². The SMILES string of the molecule is C/C=C\C(=C/C(C)C)OCc1ccccc1. The highest BCUT2D eigenvalue weighted by Crippen LogP contribution is 2.10. The van der Waals surface area contributed by atoms with E-state index in [-0.39, 0.29) is 0 Å². The molecule has 0 radical (unpaired) electrons. The fraction of sp³-hybridized carbons (Fsp3) is 0.333. The van der Waals surface area contributed by atoms with E-state index in [0.29, 0.717) is 12.5 Å². The molecule has 0 saturated heterocycles. The van der Waals surface area contributed by atoms with Crippen molar-refractivity contribution in [3.8, 4) is 0 Å². The van der Waals surface area contributed by atoms with E-state index in [2.05, 4.69) is 32.1 Å². The third-order valence-corrected chi connectivity index (χ3v) is 2.08. The Morgan fingerprint density at radius 2 is 1.94 bits per heavy atom. The van der Waals surface area contributed by atoms with Crippen LogP contribution in [-0.2, 0) is 11.3 Å². The molecule has 1 aromatic rings. The Morgan fingerprint density at radius 3 is 2.50 bits per heavy atom. The smallest absolute Gasteiger partial charge is 0.115 e. The second-order valence-corrected chi connectivity index (χ2v) is 4.09. The molecule has 1 nitrogen and oxygen atoms in total. The van der Waals surface area contributed by atoms with Crippen molar-refractivity contribution >= 4 is 0 Å². The van der Waals surface area contributed by atoms with Crippen LogP contribution < -0.4 is 0 Å². The molecule has 0 spiro atoms. The third-order valence-electron chi connectivity index (χ3n) is 2.08. The van der Waals surface area contributed by atoms with Crippen LogP contribution in [0.1, 0.15) is 26.3 Å². The van der Waals surface area contributed by atoms with Gasteiger partial charge in [-0.2, -0.15) is 0 Å². The molecule has 0 aliphatic rings. The van der Waals surface area contributed by atoms with Gasteiger partial charge in [-0.25, -0.2) is 0 Å². The van der Waals surface area contributed by atoms with E-state index in [0.717, 1.165) is 5.76 Å². The summed E-state index contributed by atoms with van der Waals surface area (Å²) >= 11 is 0. The third kappa shape index (κ3) is 4.83. The van der Waals surface area contributed by atoms with Crippen molar-refractivity contribution in [3.05, 3.63) is 59.9 Å². The summed E-state index contributed by atoms with van der Waals surface area (Å²) in [5.74, 6) is 1.45. The first-order chi connectivity index (χ1) is 7.72. The Balaban J connectivity index is 2.57. The van der Waals surface area contributed by atoms with Crippen molar-refractivity contribution in [1.82, 2.24) is 0 Å². The molecule has 1 rings (SSSR count). The molecule has 0 unspecified atom stereocenters. The van der Waals surface area contributed by atoms with Crippen LogP contribution in [0.5, 0.6) is 0 Å².